The Bertz CT molecular complexity index is 1010. The fourth-order valence-corrected chi connectivity index (χ4v) is 4.46. The maximum atomic E-state index is 13.2. The second kappa shape index (κ2) is 4.93. The van der Waals surface area contributed by atoms with E-state index >= 15 is 0 Å². The molecule has 0 saturated heterocycles. The summed E-state index contributed by atoms with van der Waals surface area (Å²) in [4.78, 5) is 13.2. The minimum atomic E-state index is -0.724. The molecule has 2 nitrogen and oxygen atoms in total. The van der Waals surface area contributed by atoms with E-state index in [9.17, 15) is 4.79 Å². The van der Waals surface area contributed by atoms with E-state index in [1.807, 2.05) is 30.3 Å². The molecule has 0 fully saturated rings. The zero-order valence-corrected chi connectivity index (χ0v) is 14.6. The van der Waals surface area contributed by atoms with Crippen molar-refractivity contribution in [1.29, 1.82) is 0 Å². The molecule has 0 amide bonds. The van der Waals surface area contributed by atoms with Gasteiger partial charge in [0, 0.05) is 22.0 Å². The van der Waals surface area contributed by atoms with Gasteiger partial charge in [-0.05, 0) is 47.4 Å². The van der Waals surface area contributed by atoms with Crippen LogP contribution in [0.15, 0.2) is 59.1 Å². The number of fused-ring (bicyclic) bond motifs is 4. The number of rotatable bonds is 0. The Hall–Kier alpha value is -2.13. The average molecular weight is 379 g/mol. The van der Waals surface area contributed by atoms with Gasteiger partial charge in [0.1, 0.15) is 5.75 Å². The van der Waals surface area contributed by atoms with Gasteiger partial charge < -0.3 is 4.74 Å². The molecular formula is C21H15BrO2. The van der Waals surface area contributed by atoms with E-state index < -0.39 is 5.60 Å². The lowest BCUT2D eigenvalue weighted by atomic mass is 9.77. The molecule has 1 aliphatic carbocycles. The van der Waals surface area contributed by atoms with Crippen LogP contribution in [0.25, 0.3) is 10.8 Å². The highest BCUT2D eigenvalue weighted by atomic mass is 79.9. The third-order valence-electron chi connectivity index (χ3n) is 5.29. The molecule has 1 aliphatic heterocycles. The van der Waals surface area contributed by atoms with Gasteiger partial charge in [0.2, 0.25) is 5.78 Å². The van der Waals surface area contributed by atoms with E-state index in [-0.39, 0.29) is 5.78 Å². The zero-order chi connectivity index (χ0) is 16.3. The number of carbonyl (C=O) groups excluding carboxylic acids is 1. The van der Waals surface area contributed by atoms with Gasteiger partial charge in [0.25, 0.3) is 0 Å². The topological polar surface area (TPSA) is 26.3 Å². The number of halogens is 1. The molecule has 118 valence electrons. The Kier molecular flexibility index (Phi) is 2.93. The molecule has 0 radical (unpaired) electrons. The van der Waals surface area contributed by atoms with Gasteiger partial charge in [0.05, 0.1) is 0 Å². The lowest BCUT2D eigenvalue weighted by Gasteiger charge is -2.32. The van der Waals surface area contributed by atoms with Gasteiger partial charge in [-0.2, -0.15) is 0 Å². The Labute approximate surface area is 148 Å². The third kappa shape index (κ3) is 1.91. The van der Waals surface area contributed by atoms with Crippen LogP contribution >= 0.6 is 15.9 Å². The number of carbonyl (C=O) groups is 1. The summed E-state index contributed by atoms with van der Waals surface area (Å²) in [6.45, 7) is 0. The SMILES string of the molecule is O=C1c2ccccc2CCC12Cc1c(ccc3cc(Br)ccc13)O2. The Morgan fingerprint density at radius 1 is 1.04 bits per heavy atom. The van der Waals surface area contributed by atoms with Crippen molar-refractivity contribution < 1.29 is 9.53 Å². The molecule has 0 saturated carbocycles. The monoisotopic (exact) mass is 378 g/mol. The maximum absolute atomic E-state index is 13.2. The van der Waals surface area contributed by atoms with Gasteiger partial charge in [-0.3, -0.25) is 4.79 Å². The van der Waals surface area contributed by atoms with E-state index in [2.05, 4.69) is 40.2 Å². The Morgan fingerprint density at radius 3 is 2.83 bits per heavy atom. The minimum absolute atomic E-state index is 0.130. The quantitative estimate of drug-likeness (QED) is 0.543. The van der Waals surface area contributed by atoms with Crippen LogP contribution in [0, 0.1) is 0 Å². The highest BCUT2D eigenvalue weighted by molar-refractivity contribution is 9.10. The second-order valence-corrected chi connectivity index (χ2v) is 7.58. The first-order chi connectivity index (χ1) is 11.7. The van der Waals surface area contributed by atoms with Crippen LogP contribution in [0.2, 0.25) is 0 Å². The van der Waals surface area contributed by atoms with E-state index in [1.165, 1.54) is 10.8 Å². The van der Waals surface area contributed by atoms with Crippen molar-refractivity contribution in [3.05, 3.63) is 75.8 Å². The summed E-state index contributed by atoms with van der Waals surface area (Å²) in [6, 6.07) is 18.3. The summed E-state index contributed by atoms with van der Waals surface area (Å²) in [5, 5.41) is 2.35. The van der Waals surface area contributed by atoms with E-state index in [1.54, 1.807) is 0 Å². The van der Waals surface area contributed by atoms with Crippen LogP contribution in [-0.2, 0) is 12.8 Å². The van der Waals surface area contributed by atoms with E-state index in [4.69, 9.17) is 4.74 Å². The number of ketones is 1. The highest BCUT2D eigenvalue weighted by Crippen LogP contribution is 2.45. The van der Waals surface area contributed by atoms with Crippen molar-refractivity contribution in [3.63, 3.8) is 0 Å². The first-order valence-corrected chi connectivity index (χ1v) is 8.98. The highest BCUT2D eigenvalue weighted by Gasteiger charge is 2.49. The van der Waals surface area contributed by atoms with Crippen molar-refractivity contribution in [2.75, 3.05) is 0 Å². The number of benzene rings is 3. The number of hydrogen-bond donors (Lipinski definition) is 0. The average Bonchev–Trinajstić information content (AvgIpc) is 2.98. The van der Waals surface area contributed by atoms with Crippen LogP contribution in [0.1, 0.15) is 27.9 Å². The summed E-state index contributed by atoms with van der Waals surface area (Å²) in [5.74, 6) is 0.989. The normalized spacial score (nSPS) is 21.6. The summed E-state index contributed by atoms with van der Waals surface area (Å²) in [5.41, 5.74) is 2.40. The first kappa shape index (κ1) is 14.2. The number of ether oxygens (including phenoxy) is 1. The lowest BCUT2D eigenvalue weighted by Crippen LogP contribution is -2.46. The molecule has 3 aromatic carbocycles. The molecule has 0 bridgehead atoms. The molecule has 0 N–H and O–H groups in total. The van der Waals surface area contributed by atoms with Gasteiger partial charge >= 0.3 is 0 Å². The minimum Gasteiger partial charge on any atom is -0.478 e. The number of hydrogen-bond acceptors (Lipinski definition) is 2. The van der Waals surface area contributed by atoms with Crippen LogP contribution in [0.4, 0.5) is 0 Å². The smallest absolute Gasteiger partial charge is 0.207 e. The molecule has 3 heteroatoms. The molecule has 1 unspecified atom stereocenters. The van der Waals surface area contributed by atoms with Gasteiger partial charge in [-0.1, -0.05) is 52.3 Å². The van der Waals surface area contributed by atoms with Crippen LogP contribution in [0.3, 0.4) is 0 Å². The Balaban J connectivity index is 1.63. The lowest BCUT2D eigenvalue weighted by molar-refractivity contribution is 0.0477. The Morgan fingerprint density at radius 2 is 1.92 bits per heavy atom. The molecule has 1 atom stereocenters. The van der Waals surface area contributed by atoms with Crippen LogP contribution < -0.4 is 4.74 Å². The summed E-state index contributed by atoms with van der Waals surface area (Å²) >= 11 is 3.53. The fraction of sp³-hybridized carbons (Fsp3) is 0.190. The maximum Gasteiger partial charge on any atom is 0.207 e. The van der Waals surface area contributed by atoms with Crippen molar-refractivity contribution in [3.8, 4) is 5.75 Å². The summed E-state index contributed by atoms with van der Waals surface area (Å²) < 4.78 is 7.34. The summed E-state index contributed by atoms with van der Waals surface area (Å²) in [6.07, 6.45) is 2.30. The van der Waals surface area contributed by atoms with Crippen molar-refractivity contribution in [2.24, 2.45) is 0 Å². The molecule has 5 rings (SSSR count). The predicted molar refractivity (Wildman–Crippen MR) is 97.8 cm³/mol. The number of Topliss-reactive ketones (excluding diaryl/α,β-unsaturated/α-hetero) is 1. The van der Waals surface area contributed by atoms with Crippen LogP contribution in [0.5, 0.6) is 5.75 Å². The van der Waals surface area contributed by atoms with Gasteiger partial charge in [-0.15, -0.1) is 0 Å². The number of aryl methyl sites for hydroxylation is 1. The first-order valence-electron chi connectivity index (χ1n) is 8.19. The fourth-order valence-electron chi connectivity index (χ4n) is 4.08. The standard InChI is InChI=1S/C21H15BrO2/c22-15-6-7-16-14(11-15)5-8-19-18(16)12-21(24-19)10-9-13-3-1-2-4-17(13)20(21)23/h1-8,11H,9-10,12H2. The molecule has 0 aromatic heterocycles. The predicted octanol–water partition coefficient (Wildman–Crippen LogP) is 5.11. The third-order valence-corrected chi connectivity index (χ3v) is 5.79. The summed E-state index contributed by atoms with van der Waals surface area (Å²) in [7, 11) is 0. The second-order valence-electron chi connectivity index (χ2n) is 6.67. The molecule has 24 heavy (non-hydrogen) atoms. The van der Waals surface area contributed by atoms with E-state index in [0.717, 1.165) is 39.8 Å². The zero-order valence-electron chi connectivity index (χ0n) is 13.0. The van der Waals surface area contributed by atoms with Gasteiger partial charge in [-0.25, -0.2) is 0 Å². The van der Waals surface area contributed by atoms with Crippen molar-refractivity contribution in [2.45, 2.75) is 24.9 Å². The van der Waals surface area contributed by atoms with E-state index in [0.29, 0.717) is 6.42 Å². The van der Waals surface area contributed by atoms with Gasteiger partial charge in [0.15, 0.2) is 5.60 Å². The molecule has 3 aromatic rings. The molecule has 1 heterocycles. The molecular weight excluding hydrogens is 364 g/mol. The van der Waals surface area contributed by atoms with Crippen molar-refractivity contribution in [1.82, 2.24) is 0 Å². The largest absolute Gasteiger partial charge is 0.478 e. The molecule has 2 aliphatic rings. The van der Waals surface area contributed by atoms with Crippen molar-refractivity contribution >= 4 is 32.5 Å². The molecule has 1 spiro atoms. The van der Waals surface area contributed by atoms with Crippen LogP contribution in [-0.4, -0.2) is 11.4 Å².